The van der Waals surface area contributed by atoms with Gasteiger partial charge < -0.3 is 10.1 Å². The molecule has 0 spiro atoms. The first-order chi connectivity index (χ1) is 12.1. The van der Waals surface area contributed by atoms with Crippen LogP contribution in [0, 0.1) is 6.92 Å². The number of hydrogen-bond donors (Lipinski definition) is 1. The first kappa shape index (κ1) is 18.7. The van der Waals surface area contributed by atoms with E-state index in [1.807, 2.05) is 55.5 Å². The quantitative estimate of drug-likeness (QED) is 0.560. The molecule has 0 aliphatic rings. The normalized spacial score (nSPS) is 10.3. The lowest BCUT2D eigenvalue weighted by Crippen LogP contribution is -2.28. The fourth-order valence-electron chi connectivity index (χ4n) is 2.38. The van der Waals surface area contributed by atoms with Gasteiger partial charge in [-0.05, 0) is 31.0 Å². The molecule has 0 radical (unpaired) electrons. The molecule has 0 unspecified atom stereocenters. The standard InChI is InChI=1S/C21H25NO3/c1-3-17-6-8-18(9-7-17)20(23)12-13-21(24)22-14-15-25-19-10-4-16(2)5-11-19/h4-11H,3,12-15H2,1-2H3,(H,22,24). The van der Waals surface area contributed by atoms with Crippen LogP contribution in [0.3, 0.4) is 0 Å². The predicted molar refractivity (Wildman–Crippen MR) is 99.1 cm³/mol. The minimum atomic E-state index is -0.133. The van der Waals surface area contributed by atoms with Crippen molar-refractivity contribution in [3.05, 3.63) is 65.2 Å². The van der Waals surface area contributed by atoms with Gasteiger partial charge >= 0.3 is 0 Å². The Kier molecular flexibility index (Phi) is 7.20. The minimum absolute atomic E-state index is 0.00583. The third-order valence-electron chi connectivity index (χ3n) is 3.98. The third-order valence-corrected chi connectivity index (χ3v) is 3.98. The summed E-state index contributed by atoms with van der Waals surface area (Å²) in [5.74, 6) is 0.644. The number of ether oxygens (including phenoxy) is 1. The van der Waals surface area contributed by atoms with Crippen LogP contribution in [0.5, 0.6) is 5.75 Å². The highest BCUT2D eigenvalue weighted by atomic mass is 16.5. The summed E-state index contributed by atoms with van der Waals surface area (Å²) in [6.07, 6.45) is 1.36. The van der Waals surface area contributed by atoms with Crippen LogP contribution in [-0.2, 0) is 11.2 Å². The zero-order valence-corrected chi connectivity index (χ0v) is 14.9. The molecule has 0 saturated carbocycles. The molecule has 0 aliphatic carbocycles. The SMILES string of the molecule is CCc1ccc(C(=O)CCC(=O)NCCOc2ccc(C)cc2)cc1. The molecule has 0 fully saturated rings. The summed E-state index contributed by atoms with van der Waals surface area (Å²) in [5, 5.41) is 2.77. The van der Waals surface area contributed by atoms with Crippen molar-refractivity contribution in [2.45, 2.75) is 33.1 Å². The molecule has 25 heavy (non-hydrogen) atoms. The molecule has 4 heteroatoms. The van der Waals surface area contributed by atoms with E-state index in [4.69, 9.17) is 4.74 Å². The van der Waals surface area contributed by atoms with Crippen LogP contribution in [0.2, 0.25) is 0 Å². The van der Waals surface area contributed by atoms with Crippen molar-refractivity contribution in [2.24, 2.45) is 0 Å². The Balaban J connectivity index is 1.64. The van der Waals surface area contributed by atoms with Gasteiger partial charge in [0.05, 0.1) is 6.54 Å². The third kappa shape index (κ3) is 6.42. The Morgan fingerprint density at radius 3 is 2.28 bits per heavy atom. The van der Waals surface area contributed by atoms with Crippen LogP contribution in [0.1, 0.15) is 41.3 Å². The van der Waals surface area contributed by atoms with Crippen molar-refractivity contribution in [3.8, 4) is 5.75 Å². The summed E-state index contributed by atoms with van der Waals surface area (Å²) in [6, 6.07) is 15.3. The van der Waals surface area contributed by atoms with Gasteiger partial charge in [-0.3, -0.25) is 9.59 Å². The fraction of sp³-hybridized carbons (Fsp3) is 0.333. The molecule has 2 aromatic rings. The largest absolute Gasteiger partial charge is 0.492 e. The highest BCUT2D eigenvalue weighted by Gasteiger charge is 2.09. The molecule has 132 valence electrons. The highest BCUT2D eigenvalue weighted by molar-refractivity contribution is 5.97. The second-order valence-corrected chi connectivity index (χ2v) is 5.99. The summed E-state index contributed by atoms with van der Waals surface area (Å²) in [7, 11) is 0. The van der Waals surface area contributed by atoms with Crippen LogP contribution in [0.25, 0.3) is 0 Å². The Hall–Kier alpha value is -2.62. The van der Waals surface area contributed by atoms with E-state index >= 15 is 0 Å². The molecule has 0 heterocycles. The molecule has 1 N–H and O–H groups in total. The molecular formula is C21H25NO3. The maximum absolute atomic E-state index is 12.1. The second-order valence-electron chi connectivity index (χ2n) is 5.99. The molecule has 0 saturated heterocycles. The lowest BCUT2D eigenvalue weighted by atomic mass is 10.0. The van der Waals surface area contributed by atoms with E-state index in [9.17, 15) is 9.59 Å². The van der Waals surface area contributed by atoms with E-state index in [1.54, 1.807) is 0 Å². The van der Waals surface area contributed by atoms with Crippen molar-refractivity contribution >= 4 is 11.7 Å². The van der Waals surface area contributed by atoms with E-state index in [0.29, 0.717) is 18.7 Å². The molecule has 0 atom stereocenters. The van der Waals surface area contributed by atoms with Gasteiger partial charge in [0, 0.05) is 18.4 Å². The van der Waals surface area contributed by atoms with Crippen molar-refractivity contribution in [1.29, 1.82) is 0 Å². The lowest BCUT2D eigenvalue weighted by Gasteiger charge is -2.08. The van der Waals surface area contributed by atoms with Gasteiger partial charge in [-0.25, -0.2) is 0 Å². The van der Waals surface area contributed by atoms with Crippen LogP contribution in [0.15, 0.2) is 48.5 Å². The van der Waals surface area contributed by atoms with Crippen molar-refractivity contribution < 1.29 is 14.3 Å². The van der Waals surface area contributed by atoms with Gasteiger partial charge in [0.25, 0.3) is 0 Å². The van der Waals surface area contributed by atoms with E-state index in [2.05, 4.69) is 12.2 Å². The lowest BCUT2D eigenvalue weighted by molar-refractivity contribution is -0.121. The molecule has 4 nitrogen and oxygen atoms in total. The zero-order valence-electron chi connectivity index (χ0n) is 14.9. The number of aryl methyl sites for hydroxylation is 2. The Bertz CT molecular complexity index is 690. The zero-order chi connectivity index (χ0) is 18.1. The summed E-state index contributed by atoms with van der Waals surface area (Å²) in [5.41, 5.74) is 3.03. The van der Waals surface area contributed by atoms with Gasteiger partial charge in [-0.2, -0.15) is 0 Å². The number of amides is 1. The monoisotopic (exact) mass is 339 g/mol. The van der Waals surface area contributed by atoms with Crippen LogP contribution < -0.4 is 10.1 Å². The first-order valence-corrected chi connectivity index (χ1v) is 8.67. The van der Waals surface area contributed by atoms with E-state index in [-0.39, 0.29) is 24.5 Å². The fourth-order valence-corrected chi connectivity index (χ4v) is 2.38. The maximum atomic E-state index is 12.1. The molecule has 2 aromatic carbocycles. The number of nitrogens with one attached hydrogen (secondary N) is 1. The van der Waals surface area contributed by atoms with E-state index in [0.717, 1.165) is 12.2 Å². The highest BCUT2D eigenvalue weighted by Crippen LogP contribution is 2.11. The average Bonchev–Trinajstić information content (AvgIpc) is 2.64. The smallest absolute Gasteiger partial charge is 0.220 e. The number of carbonyl (C=O) groups excluding carboxylic acids is 2. The number of rotatable bonds is 9. The van der Waals surface area contributed by atoms with E-state index in [1.165, 1.54) is 11.1 Å². The topological polar surface area (TPSA) is 55.4 Å². The number of ketones is 1. The minimum Gasteiger partial charge on any atom is -0.492 e. The van der Waals surface area contributed by atoms with Crippen LogP contribution in [0.4, 0.5) is 0 Å². The Labute approximate surface area is 149 Å². The van der Waals surface area contributed by atoms with Crippen LogP contribution >= 0.6 is 0 Å². The van der Waals surface area contributed by atoms with Crippen molar-refractivity contribution in [3.63, 3.8) is 0 Å². The second kappa shape index (κ2) is 9.62. The van der Waals surface area contributed by atoms with Gasteiger partial charge in [-0.15, -0.1) is 0 Å². The number of benzene rings is 2. The Morgan fingerprint density at radius 1 is 0.960 bits per heavy atom. The molecular weight excluding hydrogens is 314 g/mol. The molecule has 0 aliphatic heterocycles. The van der Waals surface area contributed by atoms with E-state index < -0.39 is 0 Å². The van der Waals surface area contributed by atoms with Crippen molar-refractivity contribution in [1.82, 2.24) is 5.32 Å². The summed E-state index contributed by atoms with van der Waals surface area (Å²) in [6.45, 7) is 4.92. The molecule has 1 amide bonds. The number of Topliss-reactive ketones (excluding diaryl/α,β-unsaturated/α-hetero) is 1. The number of carbonyl (C=O) groups is 2. The summed E-state index contributed by atoms with van der Waals surface area (Å²) < 4.78 is 5.55. The average molecular weight is 339 g/mol. The van der Waals surface area contributed by atoms with Crippen LogP contribution in [-0.4, -0.2) is 24.8 Å². The van der Waals surface area contributed by atoms with Gasteiger partial charge in [0.1, 0.15) is 12.4 Å². The summed E-state index contributed by atoms with van der Waals surface area (Å²) in [4.78, 5) is 23.9. The van der Waals surface area contributed by atoms with Gasteiger partial charge in [0.15, 0.2) is 5.78 Å². The number of hydrogen-bond acceptors (Lipinski definition) is 3. The molecule has 0 bridgehead atoms. The maximum Gasteiger partial charge on any atom is 0.220 e. The molecule has 2 rings (SSSR count). The van der Waals surface area contributed by atoms with Crippen molar-refractivity contribution in [2.75, 3.05) is 13.2 Å². The Morgan fingerprint density at radius 2 is 1.64 bits per heavy atom. The molecule has 0 aromatic heterocycles. The van der Waals surface area contributed by atoms with Gasteiger partial charge in [0.2, 0.25) is 5.91 Å². The first-order valence-electron chi connectivity index (χ1n) is 8.67. The predicted octanol–water partition coefficient (Wildman–Crippen LogP) is 3.72. The summed E-state index contributed by atoms with van der Waals surface area (Å²) >= 11 is 0. The van der Waals surface area contributed by atoms with Gasteiger partial charge in [-0.1, -0.05) is 48.9 Å².